The first kappa shape index (κ1) is 9.37. The van der Waals surface area contributed by atoms with Crippen molar-refractivity contribution < 1.29 is 5.11 Å². The van der Waals surface area contributed by atoms with Crippen molar-refractivity contribution >= 4 is 11.0 Å². The molecule has 0 atom stereocenters. The predicted octanol–water partition coefficient (Wildman–Crippen LogP) is 1.67. The molecule has 4 heteroatoms. The van der Waals surface area contributed by atoms with Gasteiger partial charge in [0.1, 0.15) is 5.82 Å². The third-order valence-electron chi connectivity index (χ3n) is 3.13. The van der Waals surface area contributed by atoms with Gasteiger partial charge in [-0.15, -0.1) is 0 Å². The van der Waals surface area contributed by atoms with Crippen molar-refractivity contribution in [2.45, 2.75) is 24.9 Å². The van der Waals surface area contributed by atoms with Crippen molar-refractivity contribution in [2.75, 3.05) is 0 Å². The van der Waals surface area contributed by atoms with Gasteiger partial charge >= 0.3 is 0 Å². The van der Waals surface area contributed by atoms with Gasteiger partial charge in [-0.25, -0.2) is 4.98 Å². The molecule has 0 radical (unpaired) electrons. The lowest BCUT2D eigenvalue weighted by Gasteiger charge is -2.29. The van der Waals surface area contributed by atoms with E-state index < -0.39 is 0 Å². The number of aromatic nitrogens is 2. The number of hydrogen-bond acceptors (Lipinski definition) is 3. The van der Waals surface area contributed by atoms with Crippen molar-refractivity contribution in [1.29, 1.82) is 5.26 Å². The molecule has 0 aliphatic heterocycles. The van der Waals surface area contributed by atoms with E-state index in [1.807, 2.05) is 6.07 Å². The number of aliphatic hydroxyl groups is 1. The molecular weight excluding hydrogens is 202 g/mol. The van der Waals surface area contributed by atoms with E-state index in [0.717, 1.165) is 29.7 Å². The molecule has 1 aromatic carbocycles. The highest BCUT2D eigenvalue weighted by Gasteiger charge is 2.30. The molecule has 0 unspecified atom stereocenters. The molecule has 0 spiro atoms. The van der Waals surface area contributed by atoms with Crippen molar-refractivity contribution in [1.82, 2.24) is 9.97 Å². The van der Waals surface area contributed by atoms with Crippen LogP contribution in [0, 0.1) is 11.3 Å². The summed E-state index contributed by atoms with van der Waals surface area (Å²) < 4.78 is 0. The summed E-state index contributed by atoms with van der Waals surface area (Å²) in [7, 11) is 0. The topological polar surface area (TPSA) is 72.7 Å². The van der Waals surface area contributed by atoms with E-state index in [1.165, 1.54) is 0 Å². The largest absolute Gasteiger partial charge is 0.393 e. The first-order valence-electron chi connectivity index (χ1n) is 5.34. The highest BCUT2D eigenvalue weighted by molar-refractivity contribution is 5.76. The Labute approximate surface area is 92.5 Å². The number of aliphatic hydroxyl groups excluding tert-OH is 1. The van der Waals surface area contributed by atoms with Gasteiger partial charge in [0.05, 0.1) is 28.8 Å². The fourth-order valence-electron chi connectivity index (χ4n) is 2.10. The van der Waals surface area contributed by atoms with E-state index in [9.17, 15) is 5.11 Å². The van der Waals surface area contributed by atoms with Gasteiger partial charge < -0.3 is 10.1 Å². The lowest BCUT2D eigenvalue weighted by Crippen LogP contribution is -2.27. The zero-order chi connectivity index (χ0) is 11.1. The molecule has 1 aliphatic rings. The number of H-pyrrole nitrogens is 1. The molecule has 1 heterocycles. The minimum Gasteiger partial charge on any atom is -0.393 e. The average molecular weight is 213 g/mol. The zero-order valence-electron chi connectivity index (χ0n) is 8.64. The van der Waals surface area contributed by atoms with Gasteiger partial charge in [0.25, 0.3) is 0 Å². The van der Waals surface area contributed by atoms with Crippen LogP contribution in [0.3, 0.4) is 0 Å². The van der Waals surface area contributed by atoms with Crippen molar-refractivity contribution in [3.63, 3.8) is 0 Å². The second-order valence-corrected chi connectivity index (χ2v) is 4.29. The van der Waals surface area contributed by atoms with E-state index in [-0.39, 0.29) is 6.10 Å². The van der Waals surface area contributed by atoms with Crippen LogP contribution in [-0.2, 0) is 0 Å². The summed E-state index contributed by atoms with van der Waals surface area (Å²) in [5, 5.41) is 18.0. The maximum atomic E-state index is 9.25. The van der Waals surface area contributed by atoms with E-state index in [2.05, 4.69) is 16.0 Å². The molecular formula is C12H11N3O. The van der Waals surface area contributed by atoms with Crippen LogP contribution in [0.1, 0.15) is 30.1 Å². The zero-order valence-corrected chi connectivity index (χ0v) is 8.64. The lowest BCUT2D eigenvalue weighted by atomic mass is 9.82. The molecule has 1 fully saturated rings. The van der Waals surface area contributed by atoms with Gasteiger partial charge in [-0.05, 0) is 31.0 Å². The van der Waals surface area contributed by atoms with Crippen molar-refractivity contribution in [3.05, 3.63) is 29.6 Å². The van der Waals surface area contributed by atoms with Crippen LogP contribution in [0.15, 0.2) is 18.2 Å². The standard InChI is InChI=1S/C12H11N3O/c13-6-7-1-2-10-11(3-7)15-12(14-10)8-4-9(16)5-8/h1-3,8-9,16H,4-5H2,(H,14,15). The van der Waals surface area contributed by atoms with E-state index >= 15 is 0 Å². The van der Waals surface area contributed by atoms with Crippen LogP contribution >= 0.6 is 0 Å². The second-order valence-electron chi connectivity index (χ2n) is 4.29. The molecule has 4 nitrogen and oxygen atoms in total. The highest BCUT2D eigenvalue weighted by atomic mass is 16.3. The van der Waals surface area contributed by atoms with Crippen LogP contribution in [0.4, 0.5) is 0 Å². The number of nitriles is 1. The van der Waals surface area contributed by atoms with Crippen LogP contribution in [0.5, 0.6) is 0 Å². The van der Waals surface area contributed by atoms with Gasteiger partial charge in [0.15, 0.2) is 0 Å². The number of imidazole rings is 1. The monoisotopic (exact) mass is 213 g/mol. The summed E-state index contributed by atoms with van der Waals surface area (Å²) in [5.74, 6) is 1.27. The molecule has 0 amide bonds. The number of nitrogens with zero attached hydrogens (tertiary/aromatic N) is 2. The van der Waals surface area contributed by atoms with Gasteiger partial charge in [-0.2, -0.15) is 5.26 Å². The summed E-state index contributed by atoms with van der Waals surface area (Å²) in [6.45, 7) is 0. The minimum absolute atomic E-state index is 0.173. The first-order valence-corrected chi connectivity index (χ1v) is 5.34. The Bertz CT molecular complexity index is 575. The summed E-state index contributed by atoms with van der Waals surface area (Å²) in [6.07, 6.45) is 1.39. The number of benzene rings is 1. The fourth-order valence-corrected chi connectivity index (χ4v) is 2.10. The van der Waals surface area contributed by atoms with Crippen LogP contribution in [-0.4, -0.2) is 21.2 Å². The smallest absolute Gasteiger partial charge is 0.110 e. The number of rotatable bonds is 1. The van der Waals surface area contributed by atoms with E-state index in [4.69, 9.17) is 5.26 Å². The number of nitrogens with one attached hydrogen (secondary N) is 1. The SMILES string of the molecule is N#Cc1ccc2nc(C3CC(O)C3)[nH]c2c1. The molecule has 1 saturated carbocycles. The Morgan fingerprint density at radius 1 is 1.44 bits per heavy atom. The van der Waals surface area contributed by atoms with E-state index in [1.54, 1.807) is 12.1 Å². The summed E-state index contributed by atoms with van der Waals surface area (Å²) in [5.41, 5.74) is 2.42. The Morgan fingerprint density at radius 2 is 2.25 bits per heavy atom. The van der Waals surface area contributed by atoms with Crippen molar-refractivity contribution in [2.24, 2.45) is 0 Å². The Hall–Kier alpha value is -1.86. The second kappa shape index (κ2) is 3.32. The normalized spacial score (nSPS) is 24.0. The maximum absolute atomic E-state index is 9.25. The predicted molar refractivity (Wildman–Crippen MR) is 58.8 cm³/mol. The van der Waals surface area contributed by atoms with Gasteiger partial charge in [-0.1, -0.05) is 0 Å². The summed E-state index contributed by atoms with van der Waals surface area (Å²) in [4.78, 5) is 7.69. The summed E-state index contributed by atoms with van der Waals surface area (Å²) >= 11 is 0. The minimum atomic E-state index is -0.173. The molecule has 3 rings (SSSR count). The highest BCUT2D eigenvalue weighted by Crippen LogP contribution is 2.35. The molecule has 80 valence electrons. The first-order chi connectivity index (χ1) is 7.76. The lowest BCUT2D eigenvalue weighted by molar-refractivity contribution is 0.0720. The third-order valence-corrected chi connectivity index (χ3v) is 3.13. The van der Waals surface area contributed by atoms with Gasteiger partial charge in [0.2, 0.25) is 0 Å². The molecule has 0 saturated heterocycles. The number of hydrogen-bond donors (Lipinski definition) is 2. The molecule has 1 aromatic heterocycles. The Morgan fingerprint density at radius 3 is 2.94 bits per heavy atom. The quantitative estimate of drug-likeness (QED) is 0.756. The number of aromatic amines is 1. The molecule has 2 aromatic rings. The maximum Gasteiger partial charge on any atom is 0.110 e. The Kier molecular flexibility index (Phi) is 1.95. The van der Waals surface area contributed by atoms with Gasteiger partial charge in [0, 0.05) is 5.92 Å². The van der Waals surface area contributed by atoms with Crippen LogP contribution in [0.25, 0.3) is 11.0 Å². The fraction of sp³-hybridized carbons (Fsp3) is 0.333. The molecule has 2 N–H and O–H groups in total. The van der Waals surface area contributed by atoms with Crippen LogP contribution in [0.2, 0.25) is 0 Å². The third kappa shape index (κ3) is 1.37. The van der Waals surface area contributed by atoms with E-state index in [0.29, 0.717) is 11.5 Å². The number of fused-ring (bicyclic) bond motifs is 1. The molecule has 16 heavy (non-hydrogen) atoms. The van der Waals surface area contributed by atoms with Crippen molar-refractivity contribution in [3.8, 4) is 6.07 Å². The molecule has 1 aliphatic carbocycles. The Balaban J connectivity index is 2.00. The van der Waals surface area contributed by atoms with Gasteiger partial charge in [-0.3, -0.25) is 0 Å². The van der Waals surface area contributed by atoms with Crippen LogP contribution < -0.4 is 0 Å². The summed E-state index contributed by atoms with van der Waals surface area (Å²) in [6, 6.07) is 7.53. The average Bonchev–Trinajstić information content (AvgIpc) is 2.66. The molecule has 0 bridgehead atoms.